The van der Waals surface area contributed by atoms with Crippen LogP contribution in [0.2, 0.25) is 0 Å². The molecule has 0 spiro atoms. The SMILES string of the molecule is C1=CC(n2c3cccc4c5ccccc5c5c6ccccc6cc2c5c43)=CCC1. The Kier molecular flexibility index (Phi) is 2.90. The molecule has 29 heavy (non-hydrogen) atoms. The van der Waals surface area contributed by atoms with Gasteiger partial charge in [0.05, 0.1) is 11.0 Å². The van der Waals surface area contributed by atoms with Gasteiger partial charge in [-0.25, -0.2) is 0 Å². The van der Waals surface area contributed by atoms with Crippen molar-refractivity contribution in [3.8, 4) is 0 Å². The van der Waals surface area contributed by atoms with Crippen molar-refractivity contribution in [1.29, 1.82) is 0 Å². The summed E-state index contributed by atoms with van der Waals surface area (Å²) in [6.07, 6.45) is 9.20. The van der Waals surface area contributed by atoms with Gasteiger partial charge < -0.3 is 4.57 Å². The second kappa shape index (κ2) is 5.48. The van der Waals surface area contributed by atoms with E-state index in [0.29, 0.717) is 0 Å². The number of aromatic nitrogens is 1. The normalized spacial score (nSPS) is 14.7. The maximum atomic E-state index is 2.48. The number of nitrogens with zero attached hydrogens (tertiary/aromatic N) is 1. The van der Waals surface area contributed by atoms with Gasteiger partial charge in [0.2, 0.25) is 0 Å². The quantitative estimate of drug-likeness (QED) is 0.260. The molecular formula is C28H19N. The molecule has 0 aliphatic heterocycles. The smallest absolute Gasteiger partial charge is 0.0553 e. The van der Waals surface area contributed by atoms with E-state index in [1.807, 2.05) is 0 Å². The molecule has 5 aromatic carbocycles. The first-order chi connectivity index (χ1) is 14.4. The van der Waals surface area contributed by atoms with Crippen molar-refractivity contribution in [3.63, 3.8) is 0 Å². The number of allylic oxidation sites excluding steroid dienone is 4. The molecule has 1 heterocycles. The van der Waals surface area contributed by atoms with Gasteiger partial charge in [-0.15, -0.1) is 0 Å². The van der Waals surface area contributed by atoms with Crippen molar-refractivity contribution in [2.75, 3.05) is 0 Å². The van der Waals surface area contributed by atoms with E-state index >= 15 is 0 Å². The van der Waals surface area contributed by atoms with E-state index in [1.165, 1.54) is 59.8 Å². The molecule has 0 N–H and O–H groups in total. The molecule has 0 saturated carbocycles. The molecule has 1 heteroatoms. The largest absolute Gasteiger partial charge is 0.310 e. The van der Waals surface area contributed by atoms with Gasteiger partial charge in [-0.3, -0.25) is 0 Å². The fraction of sp³-hybridized carbons (Fsp3) is 0.0714. The van der Waals surface area contributed by atoms with Crippen LogP contribution < -0.4 is 0 Å². The zero-order chi connectivity index (χ0) is 18.9. The van der Waals surface area contributed by atoms with Crippen molar-refractivity contribution in [2.45, 2.75) is 12.8 Å². The molecule has 1 aromatic heterocycles. The summed E-state index contributed by atoms with van der Waals surface area (Å²) in [5.41, 5.74) is 3.91. The van der Waals surface area contributed by atoms with Gasteiger partial charge in [0.1, 0.15) is 0 Å². The van der Waals surface area contributed by atoms with E-state index in [1.54, 1.807) is 0 Å². The predicted octanol–water partition coefficient (Wildman–Crippen LogP) is 7.88. The van der Waals surface area contributed by atoms with Gasteiger partial charge in [0, 0.05) is 21.9 Å². The summed E-state index contributed by atoms with van der Waals surface area (Å²) in [7, 11) is 0. The molecule has 0 atom stereocenters. The molecule has 6 aromatic rings. The van der Waals surface area contributed by atoms with E-state index in [0.717, 1.165) is 12.8 Å². The Morgan fingerprint density at radius 3 is 2.21 bits per heavy atom. The van der Waals surface area contributed by atoms with Crippen molar-refractivity contribution in [1.82, 2.24) is 4.57 Å². The summed E-state index contributed by atoms with van der Waals surface area (Å²) in [5.74, 6) is 0. The first-order valence-corrected chi connectivity index (χ1v) is 10.4. The Balaban J connectivity index is 1.88. The van der Waals surface area contributed by atoms with Crippen LogP contribution in [0.25, 0.3) is 59.8 Å². The molecule has 0 unspecified atom stereocenters. The highest BCUT2D eigenvalue weighted by Crippen LogP contribution is 2.46. The van der Waals surface area contributed by atoms with Gasteiger partial charge in [0.15, 0.2) is 0 Å². The van der Waals surface area contributed by atoms with Gasteiger partial charge in [-0.2, -0.15) is 0 Å². The highest BCUT2D eigenvalue weighted by molar-refractivity contribution is 6.39. The standard InChI is InChI=1S/C28H19N/c1-2-10-19(11-3-1)29-24-16-8-15-23-21-13-6-7-14-22(21)26-20-12-5-4-9-18(20)17-25(29)28(26)27(23)24/h2,4-17H,1,3H2. The fourth-order valence-electron chi connectivity index (χ4n) is 5.36. The molecule has 136 valence electrons. The van der Waals surface area contributed by atoms with E-state index < -0.39 is 0 Å². The average Bonchev–Trinajstić information content (AvgIpc) is 3.12. The molecule has 0 amide bonds. The fourth-order valence-corrected chi connectivity index (χ4v) is 5.36. The topological polar surface area (TPSA) is 4.93 Å². The molecule has 1 aliphatic rings. The summed E-state index contributed by atoms with van der Waals surface area (Å²) < 4.78 is 2.48. The lowest BCUT2D eigenvalue weighted by Crippen LogP contribution is -1.96. The summed E-state index contributed by atoms with van der Waals surface area (Å²) >= 11 is 0. The van der Waals surface area contributed by atoms with E-state index in [4.69, 9.17) is 0 Å². The number of hydrogen-bond acceptors (Lipinski definition) is 0. The Morgan fingerprint density at radius 2 is 1.34 bits per heavy atom. The van der Waals surface area contributed by atoms with E-state index in [9.17, 15) is 0 Å². The zero-order valence-corrected chi connectivity index (χ0v) is 16.0. The molecule has 1 aliphatic carbocycles. The van der Waals surface area contributed by atoms with Crippen LogP contribution in [0.15, 0.2) is 91.0 Å². The summed E-state index contributed by atoms with van der Waals surface area (Å²) in [6, 6.07) is 26.9. The van der Waals surface area contributed by atoms with Gasteiger partial charge >= 0.3 is 0 Å². The molecular weight excluding hydrogens is 350 g/mol. The molecule has 1 nitrogen and oxygen atoms in total. The average molecular weight is 369 g/mol. The first-order valence-electron chi connectivity index (χ1n) is 10.4. The third kappa shape index (κ3) is 1.90. The third-order valence-corrected chi connectivity index (χ3v) is 6.52. The minimum Gasteiger partial charge on any atom is -0.310 e. The van der Waals surface area contributed by atoms with Gasteiger partial charge in [-0.05, 0) is 58.0 Å². The van der Waals surface area contributed by atoms with Crippen molar-refractivity contribution >= 4 is 59.8 Å². The lowest BCUT2D eigenvalue weighted by Gasteiger charge is -2.13. The molecule has 0 radical (unpaired) electrons. The number of hydrogen-bond donors (Lipinski definition) is 0. The number of rotatable bonds is 1. The van der Waals surface area contributed by atoms with Gasteiger partial charge in [0.25, 0.3) is 0 Å². The van der Waals surface area contributed by atoms with Crippen LogP contribution in [-0.2, 0) is 0 Å². The van der Waals surface area contributed by atoms with Gasteiger partial charge in [-0.1, -0.05) is 72.8 Å². The third-order valence-electron chi connectivity index (χ3n) is 6.52. The molecule has 0 bridgehead atoms. The highest BCUT2D eigenvalue weighted by atomic mass is 15.0. The minimum atomic E-state index is 1.10. The Morgan fingerprint density at radius 1 is 0.586 bits per heavy atom. The van der Waals surface area contributed by atoms with Crippen LogP contribution >= 0.6 is 0 Å². The van der Waals surface area contributed by atoms with Crippen LogP contribution in [0.4, 0.5) is 0 Å². The van der Waals surface area contributed by atoms with Crippen LogP contribution in [0.3, 0.4) is 0 Å². The first kappa shape index (κ1) is 15.4. The zero-order valence-electron chi connectivity index (χ0n) is 16.0. The van der Waals surface area contributed by atoms with Crippen LogP contribution in [0.5, 0.6) is 0 Å². The van der Waals surface area contributed by atoms with Crippen molar-refractivity contribution < 1.29 is 0 Å². The van der Waals surface area contributed by atoms with E-state index in [-0.39, 0.29) is 0 Å². The van der Waals surface area contributed by atoms with Crippen molar-refractivity contribution in [2.24, 2.45) is 0 Å². The second-order valence-corrected chi connectivity index (χ2v) is 8.06. The molecule has 7 rings (SSSR count). The summed E-state index contributed by atoms with van der Waals surface area (Å²) in [5, 5.41) is 10.9. The highest BCUT2D eigenvalue weighted by Gasteiger charge is 2.21. The second-order valence-electron chi connectivity index (χ2n) is 8.06. The summed E-state index contributed by atoms with van der Waals surface area (Å²) in [4.78, 5) is 0. The van der Waals surface area contributed by atoms with Crippen LogP contribution in [0, 0.1) is 0 Å². The Hall–Kier alpha value is -3.58. The Labute approximate surface area is 168 Å². The lowest BCUT2D eigenvalue weighted by molar-refractivity contribution is 1.02. The predicted molar refractivity (Wildman–Crippen MR) is 126 cm³/mol. The minimum absolute atomic E-state index is 1.10. The maximum absolute atomic E-state index is 2.48. The molecule has 0 fully saturated rings. The Bertz CT molecular complexity index is 1640. The number of fused-ring (bicyclic) bond motifs is 5. The lowest BCUT2D eigenvalue weighted by atomic mass is 9.91. The maximum Gasteiger partial charge on any atom is 0.0553 e. The monoisotopic (exact) mass is 369 g/mol. The van der Waals surface area contributed by atoms with E-state index in [2.05, 4.69) is 95.6 Å². The van der Waals surface area contributed by atoms with Crippen LogP contribution in [0.1, 0.15) is 12.8 Å². The van der Waals surface area contributed by atoms with Crippen LogP contribution in [-0.4, -0.2) is 4.57 Å². The molecule has 0 saturated heterocycles. The van der Waals surface area contributed by atoms with Crippen molar-refractivity contribution in [3.05, 3.63) is 91.0 Å². The number of benzene rings is 5. The summed E-state index contributed by atoms with van der Waals surface area (Å²) in [6.45, 7) is 0.